The number of para-hydroxylation sites is 1. The van der Waals surface area contributed by atoms with Gasteiger partial charge in [-0.15, -0.1) is 0 Å². The second kappa shape index (κ2) is 10.7. The molecule has 4 aromatic carbocycles. The first kappa shape index (κ1) is 27.5. The highest BCUT2D eigenvalue weighted by molar-refractivity contribution is 6.22. The summed E-state index contributed by atoms with van der Waals surface area (Å²) >= 11 is 0. The van der Waals surface area contributed by atoms with Crippen molar-refractivity contribution in [1.82, 2.24) is 9.88 Å². The number of hydrogen-bond acceptors (Lipinski definition) is 4. The summed E-state index contributed by atoms with van der Waals surface area (Å²) in [5.74, 6) is 0.557. The lowest BCUT2D eigenvalue weighted by atomic mass is 9.89. The first-order valence-corrected chi connectivity index (χ1v) is 14.7. The molecular weight excluding hydrogens is 552 g/mol. The Balaban J connectivity index is 1.19. The zero-order chi connectivity index (χ0) is 30.5. The number of rotatable bonds is 6. The molecule has 8 heteroatoms. The fraction of sp³-hybridized carbons (Fsp3) is 0.194. The summed E-state index contributed by atoms with van der Waals surface area (Å²) < 4.78 is 5.37. The minimum atomic E-state index is -0.668. The zero-order valence-electron chi connectivity index (χ0n) is 24.7. The Morgan fingerprint density at radius 1 is 0.909 bits per heavy atom. The Morgan fingerprint density at radius 2 is 1.61 bits per heavy atom. The van der Waals surface area contributed by atoms with E-state index in [2.05, 4.69) is 24.1 Å². The van der Waals surface area contributed by atoms with Gasteiger partial charge in [-0.3, -0.25) is 14.5 Å². The normalized spacial score (nSPS) is 17.6. The van der Waals surface area contributed by atoms with Crippen molar-refractivity contribution in [3.63, 3.8) is 0 Å². The Morgan fingerprint density at radius 3 is 2.30 bits per heavy atom. The number of methoxy groups -OCH3 is 1. The van der Waals surface area contributed by atoms with Crippen molar-refractivity contribution in [2.45, 2.75) is 38.3 Å². The van der Waals surface area contributed by atoms with Gasteiger partial charge in [0, 0.05) is 34.3 Å². The molecule has 220 valence electrons. The first-order valence-electron chi connectivity index (χ1n) is 14.7. The van der Waals surface area contributed by atoms with Gasteiger partial charge in [0.25, 0.3) is 11.8 Å². The van der Waals surface area contributed by atoms with Gasteiger partial charge in [0.05, 0.1) is 12.8 Å². The van der Waals surface area contributed by atoms with Gasteiger partial charge in [0.2, 0.25) is 0 Å². The molecule has 2 atom stereocenters. The number of aromatic amines is 1. The predicted octanol–water partition coefficient (Wildman–Crippen LogP) is 7.04. The van der Waals surface area contributed by atoms with Gasteiger partial charge < -0.3 is 15.0 Å². The van der Waals surface area contributed by atoms with Crippen LogP contribution in [0.3, 0.4) is 0 Å². The second-order valence-corrected chi connectivity index (χ2v) is 11.6. The number of amides is 4. The Bertz CT molecular complexity index is 1890. The van der Waals surface area contributed by atoms with Crippen molar-refractivity contribution in [1.29, 1.82) is 0 Å². The Labute approximate surface area is 255 Å². The van der Waals surface area contributed by atoms with Crippen molar-refractivity contribution in [3.05, 3.63) is 125 Å². The van der Waals surface area contributed by atoms with Gasteiger partial charge in [-0.05, 0) is 77.2 Å². The average Bonchev–Trinajstić information content (AvgIpc) is 3.54. The molecule has 0 saturated carbocycles. The highest BCUT2D eigenvalue weighted by atomic mass is 16.5. The van der Waals surface area contributed by atoms with E-state index in [1.807, 2.05) is 72.8 Å². The summed E-state index contributed by atoms with van der Waals surface area (Å²) in [5.41, 5.74) is 6.54. The monoisotopic (exact) mass is 584 g/mol. The summed E-state index contributed by atoms with van der Waals surface area (Å²) in [6.45, 7) is 4.24. The maximum Gasteiger partial charge on any atom is 0.332 e. The summed E-state index contributed by atoms with van der Waals surface area (Å²) in [7, 11) is 1.61. The van der Waals surface area contributed by atoms with E-state index in [9.17, 15) is 14.4 Å². The fourth-order valence-electron chi connectivity index (χ4n) is 6.36. The number of H-pyrrole nitrogens is 1. The number of aromatic nitrogens is 1. The van der Waals surface area contributed by atoms with E-state index < -0.39 is 18.1 Å². The quantitative estimate of drug-likeness (QED) is 0.210. The SMILES string of the molecule is COc1ccc(C2c3[nH]c4ccccc4c3C[C@H]3C(=O)N(c4ccc(C(=O)Nc5ccc(C(C)C)cc5)cc4)C(=O)N23)cc1. The van der Waals surface area contributed by atoms with Crippen LogP contribution in [0.15, 0.2) is 97.1 Å². The third kappa shape index (κ3) is 4.50. The molecule has 0 aliphatic carbocycles. The van der Waals surface area contributed by atoms with Gasteiger partial charge in [-0.2, -0.15) is 0 Å². The summed E-state index contributed by atoms with van der Waals surface area (Å²) in [5, 5.41) is 3.97. The van der Waals surface area contributed by atoms with Crippen LogP contribution in [0.5, 0.6) is 5.75 Å². The van der Waals surface area contributed by atoms with Crippen LogP contribution < -0.4 is 15.0 Å². The third-order valence-electron chi connectivity index (χ3n) is 8.70. The fourth-order valence-corrected chi connectivity index (χ4v) is 6.36. The number of carbonyl (C=O) groups is 3. The molecule has 0 bridgehead atoms. The molecule has 1 saturated heterocycles. The molecule has 1 fully saturated rings. The molecule has 5 aromatic rings. The number of carbonyl (C=O) groups excluding carboxylic acids is 3. The highest BCUT2D eigenvalue weighted by Crippen LogP contribution is 2.45. The van der Waals surface area contributed by atoms with E-state index in [4.69, 9.17) is 4.74 Å². The van der Waals surface area contributed by atoms with Gasteiger partial charge in [0.15, 0.2) is 0 Å². The molecule has 44 heavy (non-hydrogen) atoms. The van der Waals surface area contributed by atoms with E-state index in [1.54, 1.807) is 36.3 Å². The van der Waals surface area contributed by atoms with Gasteiger partial charge in [0.1, 0.15) is 17.8 Å². The average molecular weight is 585 g/mol. The minimum Gasteiger partial charge on any atom is -0.497 e. The smallest absolute Gasteiger partial charge is 0.332 e. The maximum absolute atomic E-state index is 14.1. The molecule has 8 nitrogen and oxygen atoms in total. The number of benzene rings is 4. The van der Waals surface area contributed by atoms with E-state index >= 15 is 0 Å². The van der Waals surface area contributed by atoms with Crippen LogP contribution in [0.1, 0.15) is 58.5 Å². The number of ether oxygens (including phenoxy) is 1. The lowest BCUT2D eigenvalue weighted by Crippen LogP contribution is -2.44. The zero-order valence-corrected chi connectivity index (χ0v) is 24.7. The number of hydrogen-bond donors (Lipinski definition) is 2. The van der Waals surface area contributed by atoms with Crippen LogP contribution in [0, 0.1) is 0 Å². The molecule has 3 heterocycles. The predicted molar refractivity (Wildman–Crippen MR) is 170 cm³/mol. The molecule has 2 N–H and O–H groups in total. The van der Waals surface area contributed by atoms with Gasteiger partial charge in [-0.1, -0.05) is 56.3 Å². The maximum atomic E-state index is 14.1. The Kier molecular flexibility index (Phi) is 6.69. The summed E-state index contributed by atoms with van der Waals surface area (Å²) in [6, 6.07) is 28.4. The standard InChI is InChI=1S/C36H32N4O4/c1-21(2)22-8-14-25(15-9-22)37-34(41)24-10-16-26(17-11-24)39-35(42)31-20-29-28-6-4-5-7-30(28)38-32(29)33(40(31)36(39)43)23-12-18-27(44-3)19-13-23/h4-19,21,31,33,38H,20H2,1-3H3,(H,37,41)/t31-,33?/m0/s1. The molecule has 2 aliphatic rings. The van der Waals surface area contributed by atoms with Gasteiger partial charge in [-0.25, -0.2) is 9.69 Å². The number of fused-ring (bicyclic) bond motifs is 4. The van der Waals surface area contributed by atoms with E-state index in [-0.39, 0.29) is 11.8 Å². The second-order valence-electron chi connectivity index (χ2n) is 11.6. The van der Waals surface area contributed by atoms with Crippen molar-refractivity contribution in [2.24, 2.45) is 0 Å². The number of nitrogens with zero attached hydrogens (tertiary/aromatic N) is 2. The van der Waals surface area contributed by atoms with Crippen LogP contribution in [0.25, 0.3) is 10.9 Å². The van der Waals surface area contributed by atoms with Crippen LogP contribution in [-0.4, -0.2) is 40.9 Å². The van der Waals surface area contributed by atoms with Crippen LogP contribution in [-0.2, 0) is 11.2 Å². The van der Waals surface area contributed by atoms with Crippen LogP contribution >= 0.6 is 0 Å². The van der Waals surface area contributed by atoms with Crippen molar-refractivity contribution < 1.29 is 19.1 Å². The molecular formula is C36H32N4O4. The number of anilines is 2. The number of imide groups is 1. The molecule has 0 radical (unpaired) electrons. The largest absolute Gasteiger partial charge is 0.497 e. The Hall–Kier alpha value is -5.37. The molecule has 1 aromatic heterocycles. The topological polar surface area (TPSA) is 94.7 Å². The molecule has 1 unspecified atom stereocenters. The third-order valence-corrected chi connectivity index (χ3v) is 8.70. The lowest BCUT2D eigenvalue weighted by Gasteiger charge is -2.36. The minimum absolute atomic E-state index is 0.268. The van der Waals surface area contributed by atoms with E-state index in [0.717, 1.165) is 27.7 Å². The molecule has 0 spiro atoms. The van der Waals surface area contributed by atoms with E-state index in [1.165, 1.54) is 10.5 Å². The lowest BCUT2D eigenvalue weighted by molar-refractivity contribution is -0.120. The number of nitrogens with one attached hydrogen (secondary N) is 2. The highest BCUT2D eigenvalue weighted by Gasteiger charge is 2.53. The first-order chi connectivity index (χ1) is 21.3. The van der Waals surface area contributed by atoms with Crippen molar-refractivity contribution in [2.75, 3.05) is 17.3 Å². The molecule has 4 amide bonds. The van der Waals surface area contributed by atoms with E-state index in [0.29, 0.717) is 35.0 Å². The van der Waals surface area contributed by atoms with Gasteiger partial charge >= 0.3 is 6.03 Å². The van der Waals surface area contributed by atoms with Crippen LogP contribution in [0.4, 0.5) is 16.2 Å². The number of urea groups is 1. The molecule has 7 rings (SSSR count). The van der Waals surface area contributed by atoms with Crippen molar-refractivity contribution >= 4 is 40.1 Å². The molecule has 2 aliphatic heterocycles. The summed E-state index contributed by atoms with van der Waals surface area (Å²) in [4.78, 5) is 47.6. The summed E-state index contributed by atoms with van der Waals surface area (Å²) in [6.07, 6.45) is 0.406. The van der Waals surface area contributed by atoms with Crippen LogP contribution in [0.2, 0.25) is 0 Å². The van der Waals surface area contributed by atoms with Crippen molar-refractivity contribution in [3.8, 4) is 5.75 Å².